The van der Waals surface area contributed by atoms with E-state index in [1.165, 1.54) is 11.1 Å². The number of hydrogen-bond acceptors (Lipinski definition) is 1. The van der Waals surface area contributed by atoms with Crippen molar-refractivity contribution in [2.24, 2.45) is 5.73 Å². The molecule has 0 heterocycles. The Labute approximate surface area is 74.6 Å². The van der Waals surface area contributed by atoms with Crippen LogP contribution in [0.25, 0.3) is 0 Å². The van der Waals surface area contributed by atoms with Crippen LogP contribution in [0.1, 0.15) is 37.4 Å². The molecule has 0 amide bonds. The maximum absolute atomic E-state index is 5.97. The van der Waals surface area contributed by atoms with E-state index in [-0.39, 0.29) is 6.04 Å². The monoisotopic (exact) mass is 163 g/mol. The van der Waals surface area contributed by atoms with E-state index in [1.54, 1.807) is 0 Å². The lowest BCUT2D eigenvalue weighted by molar-refractivity contribution is 0.690. The van der Waals surface area contributed by atoms with Gasteiger partial charge in [0.1, 0.15) is 0 Å². The second-order valence-electron chi connectivity index (χ2n) is 3.07. The molecule has 12 heavy (non-hydrogen) atoms. The largest absolute Gasteiger partial charge is 0.324 e. The Morgan fingerprint density at radius 3 is 2.50 bits per heavy atom. The van der Waals surface area contributed by atoms with Crippen LogP contribution in [0.2, 0.25) is 0 Å². The number of hydrogen-bond donors (Lipinski definition) is 1. The molecule has 1 heteroatoms. The standard InChI is InChI=1S/C11H17N/c1-3-9-7-5-6-8-10(9)11(12)4-2/h5-8,11H,3-4,12H2,1-2H3/t11-/m0/s1. The minimum Gasteiger partial charge on any atom is -0.324 e. The van der Waals surface area contributed by atoms with Crippen LogP contribution < -0.4 is 5.73 Å². The van der Waals surface area contributed by atoms with Crippen LogP contribution in [-0.2, 0) is 6.42 Å². The maximum Gasteiger partial charge on any atom is 0.0294 e. The summed E-state index contributed by atoms with van der Waals surface area (Å²) < 4.78 is 0. The molecule has 0 aliphatic carbocycles. The molecule has 66 valence electrons. The Balaban J connectivity index is 2.96. The van der Waals surface area contributed by atoms with Crippen molar-refractivity contribution in [3.63, 3.8) is 0 Å². The third-order valence-corrected chi connectivity index (χ3v) is 2.28. The fraction of sp³-hybridized carbons (Fsp3) is 0.455. The van der Waals surface area contributed by atoms with Gasteiger partial charge in [0.15, 0.2) is 0 Å². The Hall–Kier alpha value is -0.820. The zero-order chi connectivity index (χ0) is 8.97. The lowest BCUT2D eigenvalue weighted by Crippen LogP contribution is -2.10. The summed E-state index contributed by atoms with van der Waals surface area (Å²) in [6, 6.07) is 8.63. The van der Waals surface area contributed by atoms with Crippen LogP contribution in [-0.4, -0.2) is 0 Å². The van der Waals surface area contributed by atoms with Gasteiger partial charge in [-0.25, -0.2) is 0 Å². The minimum atomic E-state index is 0.209. The van der Waals surface area contributed by atoms with Crippen LogP contribution in [0.5, 0.6) is 0 Å². The van der Waals surface area contributed by atoms with Crippen molar-refractivity contribution < 1.29 is 0 Å². The van der Waals surface area contributed by atoms with Gasteiger partial charge in [-0.15, -0.1) is 0 Å². The van der Waals surface area contributed by atoms with E-state index in [4.69, 9.17) is 5.73 Å². The van der Waals surface area contributed by atoms with Gasteiger partial charge in [0.05, 0.1) is 0 Å². The molecule has 0 aliphatic heterocycles. The Morgan fingerprint density at radius 2 is 1.92 bits per heavy atom. The molecule has 1 rings (SSSR count). The van der Waals surface area contributed by atoms with Gasteiger partial charge in [-0.3, -0.25) is 0 Å². The second kappa shape index (κ2) is 4.27. The van der Waals surface area contributed by atoms with Crippen molar-refractivity contribution >= 4 is 0 Å². The van der Waals surface area contributed by atoms with Crippen molar-refractivity contribution in [2.75, 3.05) is 0 Å². The van der Waals surface area contributed by atoms with Gasteiger partial charge in [-0.2, -0.15) is 0 Å². The molecule has 0 unspecified atom stereocenters. The van der Waals surface area contributed by atoms with Crippen LogP contribution in [0.4, 0.5) is 0 Å². The molecule has 0 aromatic heterocycles. The van der Waals surface area contributed by atoms with E-state index in [2.05, 4.69) is 38.1 Å². The number of nitrogens with two attached hydrogens (primary N) is 1. The summed E-state index contributed by atoms with van der Waals surface area (Å²) in [5.74, 6) is 0. The molecular formula is C11H17N. The van der Waals surface area contributed by atoms with Crippen LogP contribution in [0, 0.1) is 0 Å². The molecule has 2 N–H and O–H groups in total. The number of benzene rings is 1. The van der Waals surface area contributed by atoms with Crippen LogP contribution in [0.15, 0.2) is 24.3 Å². The highest BCUT2D eigenvalue weighted by Gasteiger charge is 2.05. The van der Waals surface area contributed by atoms with Crippen molar-refractivity contribution in [1.82, 2.24) is 0 Å². The van der Waals surface area contributed by atoms with Crippen LogP contribution in [0.3, 0.4) is 0 Å². The molecule has 0 fully saturated rings. The van der Waals surface area contributed by atoms with E-state index in [9.17, 15) is 0 Å². The van der Waals surface area contributed by atoms with Gasteiger partial charge < -0.3 is 5.73 Å². The molecule has 0 aliphatic rings. The normalized spacial score (nSPS) is 12.9. The molecular weight excluding hydrogens is 146 g/mol. The number of aryl methyl sites for hydroxylation is 1. The molecule has 0 bridgehead atoms. The fourth-order valence-corrected chi connectivity index (χ4v) is 1.44. The van der Waals surface area contributed by atoms with Gasteiger partial charge >= 0.3 is 0 Å². The van der Waals surface area contributed by atoms with Gasteiger partial charge in [-0.05, 0) is 24.0 Å². The third kappa shape index (κ3) is 1.86. The average molecular weight is 163 g/mol. The summed E-state index contributed by atoms with van der Waals surface area (Å²) in [5, 5.41) is 0. The lowest BCUT2D eigenvalue weighted by atomic mass is 9.98. The topological polar surface area (TPSA) is 26.0 Å². The van der Waals surface area contributed by atoms with Crippen molar-refractivity contribution in [3.05, 3.63) is 35.4 Å². The highest BCUT2D eigenvalue weighted by atomic mass is 14.6. The summed E-state index contributed by atoms with van der Waals surface area (Å²) in [6.45, 7) is 4.29. The zero-order valence-electron chi connectivity index (χ0n) is 7.88. The van der Waals surface area contributed by atoms with Crippen molar-refractivity contribution in [3.8, 4) is 0 Å². The first kappa shape index (κ1) is 9.27. The summed E-state index contributed by atoms with van der Waals surface area (Å²) in [5.41, 5.74) is 8.66. The predicted octanol–water partition coefficient (Wildman–Crippen LogP) is 2.66. The summed E-state index contributed by atoms with van der Waals surface area (Å²) in [6.07, 6.45) is 2.08. The predicted molar refractivity (Wildman–Crippen MR) is 53.0 cm³/mol. The van der Waals surface area contributed by atoms with Gasteiger partial charge in [-0.1, -0.05) is 38.1 Å². The van der Waals surface area contributed by atoms with Gasteiger partial charge in [0.25, 0.3) is 0 Å². The summed E-state index contributed by atoms with van der Waals surface area (Å²) in [7, 11) is 0. The van der Waals surface area contributed by atoms with E-state index < -0.39 is 0 Å². The highest BCUT2D eigenvalue weighted by molar-refractivity contribution is 5.29. The SMILES string of the molecule is CCc1ccccc1[C@@H](N)CC. The summed E-state index contributed by atoms with van der Waals surface area (Å²) >= 11 is 0. The fourth-order valence-electron chi connectivity index (χ4n) is 1.44. The Bertz CT molecular complexity index is 243. The first-order valence-electron chi connectivity index (χ1n) is 4.63. The molecule has 1 atom stereocenters. The molecule has 1 nitrogen and oxygen atoms in total. The second-order valence-corrected chi connectivity index (χ2v) is 3.07. The molecule has 1 aromatic carbocycles. The molecule has 0 spiro atoms. The zero-order valence-corrected chi connectivity index (χ0v) is 7.88. The highest BCUT2D eigenvalue weighted by Crippen LogP contribution is 2.18. The number of rotatable bonds is 3. The molecule has 0 radical (unpaired) electrons. The van der Waals surface area contributed by atoms with Gasteiger partial charge in [0, 0.05) is 6.04 Å². The average Bonchev–Trinajstić information content (AvgIpc) is 2.16. The first-order valence-corrected chi connectivity index (χ1v) is 4.63. The maximum atomic E-state index is 5.97. The van der Waals surface area contributed by atoms with E-state index >= 15 is 0 Å². The lowest BCUT2D eigenvalue weighted by Gasteiger charge is -2.13. The first-order chi connectivity index (χ1) is 5.79. The van der Waals surface area contributed by atoms with E-state index in [0.717, 1.165) is 12.8 Å². The van der Waals surface area contributed by atoms with Gasteiger partial charge in [0.2, 0.25) is 0 Å². The summed E-state index contributed by atoms with van der Waals surface area (Å²) in [4.78, 5) is 0. The van der Waals surface area contributed by atoms with E-state index in [1.807, 2.05) is 0 Å². The Morgan fingerprint density at radius 1 is 1.25 bits per heavy atom. The molecule has 0 saturated heterocycles. The van der Waals surface area contributed by atoms with E-state index in [0.29, 0.717) is 0 Å². The quantitative estimate of drug-likeness (QED) is 0.728. The molecule has 0 saturated carbocycles. The van der Waals surface area contributed by atoms with Crippen molar-refractivity contribution in [1.29, 1.82) is 0 Å². The molecule has 1 aromatic rings. The Kier molecular flexibility index (Phi) is 3.30. The van der Waals surface area contributed by atoms with Crippen LogP contribution >= 0.6 is 0 Å². The third-order valence-electron chi connectivity index (χ3n) is 2.28. The smallest absolute Gasteiger partial charge is 0.0294 e. The van der Waals surface area contributed by atoms with Crippen molar-refractivity contribution in [2.45, 2.75) is 32.7 Å². The minimum absolute atomic E-state index is 0.209.